The normalized spacial score (nSPS) is 10.2. The van der Waals surface area contributed by atoms with Crippen LogP contribution in [0.25, 0.3) is 0 Å². The summed E-state index contributed by atoms with van der Waals surface area (Å²) in [5.41, 5.74) is 5.82. The number of sulfonamides is 1. The Morgan fingerprint density at radius 3 is 2.00 bits per heavy atom. The number of nitrogens with zero attached hydrogens (tertiary/aromatic N) is 2. The van der Waals surface area contributed by atoms with Crippen LogP contribution in [0.15, 0.2) is 12.1 Å². The van der Waals surface area contributed by atoms with E-state index in [2.05, 4.69) is 4.72 Å². The molecule has 82 valence electrons. The van der Waals surface area contributed by atoms with Gasteiger partial charge in [-0.1, -0.05) is 0 Å². The van der Waals surface area contributed by atoms with Gasteiger partial charge in [0.15, 0.2) is 0 Å². The van der Waals surface area contributed by atoms with Gasteiger partial charge in [-0.2, -0.15) is 10.5 Å². The van der Waals surface area contributed by atoms with Crippen LogP contribution in [0.4, 0.5) is 11.4 Å². The lowest BCUT2D eigenvalue weighted by Crippen LogP contribution is -2.10. The molecule has 6 nitrogen and oxygen atoms in total. The van der Waals surface area contributed by atoms with E-state index in [1.807, 2.05) is 0 Å². The molecule has 0 amide bonds. The molecule has 7 heteroatoms. The summed E-state index contributed by atoms with van der Waals surface area (Å²) in [6.45, 7) is 0. The van der Waals surface area contributed by atoms with Crippen LogP contribution in [0.3, 0.4) is 0 Å². The first-order chi connectivity index (χ1) is 7.37. The van der Waals surface area contributed by atoms with Crippen molar-refractivity contribution in [3.8, 4) is 12.1 Å². The van der Waals surface area contributed by atoms with Crippen LogP contribution in [0.5, 0.6) is 0 Å². The quantitative estimate of drug-likeness (QED) is 0.719. The molecule has 0 fully saturated rings. The first-order valence-electron chi connectivity index (χ1n) is 4.09. The smallest absolute Gasteiger partial charge is 0.229 e. The standard InChI is InChI=1S/C9H8N4O2S/c1-16(14,15)13-8-2-6(4-10)9(12)7(3-8)5-11/h2-3,13H,12H2,1H3. The summed E-state index contributed by atoms with van der Waals surface area (Å²) in [7, 11) is -3.45. The SMILES string of the molecule is CS(=O)(=O)Nc1cc(C#N)c(N)c(C#N)c1. The molecule has 1 rings (SSSR count). The predicted octanol–water partition coefficient (Wildman–Crippen LogP) is 0.384. The highest BCUT2D eigenvalue weighted by atomic mass is 32.2. The van der Waals surface area contributed by atoms with Crippen molar-refractivity contribution in [2.75, 3.05) is 16.7 Å². The molecule has 0 saturated carbocycles. The molecule has 16 heavy (non-hydrogen) atoms. The number of nitrogens with two attached hydrogens (primary N) is 1. The number of rotatable bonds is 2. The van der Waals surface area contributed by atoms with Crippen LogP contribution in [0.2, 0.25) is 0 Å². The number of benzene rings is 1. The van der Waals surface area contributed by atoms with Crippen molar-refractivity contribution in [3.05, 3.63) is 23.3 Å². The van der Waals surface area contributed by atoms with Gasteiger partial charge in [0.1, 0.15) is 12.1 Å². The van der Waals surface area contributed by atoms with Gasteiger partial charge < -0.3 is 5.73 Å². The largest absolute Gasteiger partial charge is 0.397 e. The van der Waals surface area contributed by atoms with E-state index in [1.165, 1.54) is 12.1 Å². The summed E-state index contributed by atoms with van der Waals surface area (Å²) in [4.78, 5) is 0. The van der Waals surface area contributed by atoms with E-state index in [4.69, 9.17) is 16.3 Å². The van der Waals surface area contributed by atoms with Gasteiger partial charge in [0.2, 0.25) is 10.0 Å². The average molecular weight is 236 g/mol. The third-order valence-electron chi connectivity index (χ3n) is 1.72. The summed E-state index contributed by atoms with van der Waals surface area (Å²) >= 11 is 0. The first-order valence-corrected chi connectivity index (χ1v) is 5.98. The fraction of sp³-hybridized carbons (Fsp3) is 0.111. The summed E-state index contributed by atoms with van der Waals surface area (Å²) < 4.78 is 24.1. The maximum Gasteiger partial charge on any atom is 0.229 e. The molecule has 0 heterocycles. The molecule has 0 atom stereocenters. The number of hydrogen-bond donors (Lipinski definition) is 2. The highest BCUT2D eigenvalue weighted by Crippen LogP contribution is 2.22. The third-order valence-corrected chi connectivity index (χ3v) is 2.33. The van der Waals surface area contributed by atoms with E-state index in [0.29, 0.717) is 0 Å². The minimum absolute atomic E-state index is 0.0454. The van der Waals surface area contributed by atoms with Gasteiger partial charge in [-0.05, 0) is 12.1 Å². The summed E-state index contributed by atoms with van der Waals surface area (Å²) in [5.74, 6) is 0. The molecule has 0 aliphatic rings. The molecule has 0 unspecified atom stereocenters. The highest BCUT2D eigenvalue weighted by molar-refractivity contribution is 7.92. The van der Waals surface area contributed by atoms with Gasteiger partial charge in [0.25, 0.3) is 0 Å². The molecule has 0 bridgehead atoms. The monoisotopic (exact) mass is 236 g/mol. The van der Waals surface area contributed by atoms with Crippen LogP contribution in [-0.2, 0) is 10.0 Å². The highest BCUT2D eigenvalue weighted by Gasteiger charge is 2.10. The van der Waals surface area contributed by atoms with Crippen LogP contribution in [-0.4, -0.2) is 14.7 Å². The predicted molar refractivity (Wildman–Crippen MR) is 58.8 cm³/mol. The van der Waals surface area contributed by atoms with Crippen molar-refractivity contribution in [3.63, 3.8) is 0 Å². The Morgan fingerprint density at radius 1 is 1.25 bits per heavy atom. The van der Waals surface area contributed by atoms with Crippen molar-refractivity contribution in [1.82, 2.24) is 0 Å². The van der Waals surface area contributed by atoms with E-state index < -0.39 is 10.0 Å². The van der Waals surface area contributed by atoms with Crippen LogP contribution < -0.4 is 10.5 Å². The van der Waals surface area contributed by atoms with Crippen molar-refractivity contribution < 1.29 is 8.42 Å². The zero-order valence-corrected chi connectivity index (χ0v) is 9.17. The second-order valence-corrected chi connectivity index (χ2v) is 4.83. The van der Waals surface area contributed by atoms with Crippen molar-refractivity contribution in [1.29, 1.82) is 10.5 Å². The Balaban J connectivity index is 3.36. The number of nitrogen functional groups attached to an aromatic ring is 1. The Kier molecular flexibility index (Phi) is 3.02. The molecule has 0 saturated heterocycles. The van der Waals surface area contributed by atoms with E-state index in [0.717, 1.165) is 6.26 Å². The van der Waals surface area contributed by atoms with Crippen LogP contribution in [0.1, 0.15) is 11.1 Å². The number of hydrogen-bond acceptors (Lipinski definition) is 5. The number of nitriles is 2. The second-order valence-electron chi connectivity index (χ2n) is 3.08. The minimum Gasteiger partial charge on any atom is -0.397 e. The Morgan fingerprint density at radius 2 is 1.69 bits per heavy atom. The summed E-state index contributed by atoms with van der Waals surface area (Å²) in [5, 5.41) is 17.5. The maximum atomic E-state index is 11.0. The molecule has 3 N–H and O–H groups in total. The van der Waals surface area contributed by atoms with Gasteiger partial charge >= 0.3 is 0 Å². The van der Waals surface area contributed by atoms with Crippen LogP contribution in [0, 0.1) is 22.7 Å². The summed E-state index contributed by atoms with van der Waals surface area (Å²) in [6.07, 6.45) is 0.974. The lowest BCUT2D eigenvalue weighted by atomic mass is 10.1. The molecule has 0 radical (unpaired) electrons. The lowest BCUT2D eigenvalue weighted by molar-refractivity contribution is 0.607. The molecule has 0 aromatic heterocycles. The molecule has 1 aromatic carbocycles. The fourth-order valence-corrected chi connectivity index (χ4v) is 1.66. The van der Waals surface area contributed by atoms with Crippen LogP contribution >= 0.6 is 0 Å². The number of anilines is 2. The summed E-state index contributed by atoms with van der Waals surface area (Å²) in [6, 6.07) is 6.12. The maximum absolute atomic E-state index is 11.0. The Hall–Kier alpha value is -2.25. The van der Waals surface area contributed by atoms with Crippen molar-refractivity contribution in [2.24, 2.45) is 0 Å². The molecule has 0 aliphatic carbocycles. The lowest BCUT2D eigenvalue weighted by Gasteiger charge is -2.06. The van der Waals surface area contributed by atoms with Gasteiger partial charge in [-0.3, -0.25) is 4.72 Å². The molecular formula is C9H8N4O2S. The van der Waals surface area contributed by atoms with E-state index in [1.54, 1.807) is 12.1 Å². The topological polar surface area (TPSA) is 120 Å². The first kappa shape index (κ1) is 11.8. The molecule has 1 aromatic rings. The van der Waals surface area contributed by atoms with E-state index in [9.17, 15) is 8.42 Å². The van der Waals surface area contributed by atoms with Gasteiger partial charge in [0, 0.05) is 0 Å². The van der Waals surface area contributed by atoms with E-state index >= 15 is 0 Å². The molecule has 0 aliphatic heterocycles. The fourth-order valence-electron chi connectivity index (χ4n) is 1.11. The van der Waals surface area contributed by atoms with Crippen molar-refractivity contribution >= 4 is 21.4 Å². The van der Waals surface area contributed by atoms with Crippen molar-refractivity contribution in [2.45, 2.75) is 0 Å². The molecule has 0 spiro atoms. The Labute approximate surface area is 93.0 Å². The minimum atomic E-state index is -3.45. The molecular weight excluding hydrogens is 228 g/mol. The van der Waals surface area contributed by atoms with Gasteiger partial charge in [-0.15, -0.1) is 0 Å². The number of nitrogens with one attached hydrogen (secondary N) is 1. The zero-order chi connectivity index (χ0) is 12.3. The average Bonchev–Trinajstić information content (AvgIpc) is 2.18. The van der Waals surface area contributed by atoms with E-state index in [-0.39, 0.29) is 22.5 Å². The van der Waals surface area contributed by atoms with Gasteiger partial charge in [0.05, 0.1) is 28.8 Å². The zero-order valence-electron chi connectivity index (χ0n) is 8.35. The second kappa shape index (κ2) is 4.09. The Bertz CT molecular complexity index is 572. The van der Waals surface area contributed by atoms with Gasteiger partial charge in [-0.25, -0.2) is 8.42 Å². The third kappa shape index (κ3) is 2.62.